The molecule has 1 aliphatic rings. The van der Waals surface area contributed by atoms with Crippen LogP contribution in [0.4, 0.5) is 26.2 Å². The van der Waals surface area contributed by atoms with Crippen LogP contribution >= 0.6 is 11.6 Å². The van der Waals surface area contributed by atoms with Gasteiger partial charge >= 0.3 is 6.03 Å². The first-order chi connectivity index (χ1) is 17.4. The highest BCUT2D eigenvalue weighted by atomic mass is 35.5. The predicted octanol–water partition coefficient (Wildman–Crippen LogP) is 5.65. The minimum atomic E-state index is -0.561. The van der Waals surface area contributed by atoms with Crippen molar-refractivity contribution in [3.05, 3.63) is 52.9 Å². The molecule has 0 spiro atoms. The van der Waals surface area contributed by atoms with Crippen LogP contribution < -0.4 is 20.7 Å². The molecule has 0 radical (unpaired) electrons. The van der Waals surface area contributed by atoms with Crippen molar-refractivity contribution in [2.75, 3.05) is 36.9 Å². The lowest BCUT2D eigenvalue weighted by atomic mass is 10.1. The number of nitrogens with zero attached hydrogens (tertiary/aromatic N) is 3. The van der Waals surface area contributed by atoms with E-state index >= 15 is 0 Å². The third kappa shape index (κ3) is 5.78. The van der Waals surface area contributed by atoms with Gasteiger partial charge in [0.2, 0.25) is 0 Å². The number of aromatic nitrogens is 1. The van der Waals surface area contributed by atoms with Gasteiger partial charge in [-0.05, 0) is 50.6 Å². The summed E-state index contributed by atoms with van der Waals surface area (Å²) in [6.07, 6.45) is 3.18. The maximum absolute atomic E-state index is 14.5. The van der Waals surface area contributed by atoms with Crippen LogP contribution in [0.3, 0.4) is 0 Å². The van der Waals surface area contributed by atoms with E-state index in [9.17, 15) is 14.4 Å². The van der Waals surface area contributed by atoms with Crippen LogP contribution in [-0.4, -0.2) is 48.2 Å². The zero-order valence-electron chi connectivity index (χ0n) is 20.2. The number of carbonyl (C=O) groups is 1. The number of carbonyl (C=O) groups excluding carboxylic acids is 1. The second-order valence-corrected chi connectivity index (χ2v) is 8.95. The van der Waals surface area contributed by atoms with Gasteiger partial charge in [0.15, 0.2) is 0 Å². The highest BCUT2D eigenvalue weighted by molar-refractivity contribution is 6.30. The number of urea groups is 1. The molecule has 0 atom stereocenters. The van der Waals surface area contributed by atoms with E-state index in [1.807, 2.05) is 6.92 Å². The Bertz CT molecular complexity index is 1300. The number of hydrogen-bond donors (Lipinski definition) is 3. The van der Waals surface area contributed by atoms with Gasteiger partial charge in [0.25, 0.3) is 0 Å². The van der Waals surface area contributed by atoms with Crippen molar-refractivity contribution < 1.29 is 13.9 Å². The molecule has 1 aromatic heterocycles. The van der Waals surface area contributed by atoms with Crippen LogP contribution in [0.25, 0.3) is 10.9 Å². The van der Waals surface area contributed by atoms with Gasteiger partial charge in [-0.25, -0.2) is 9.18 Å². The summed E-state index contributed by atoms with van der Waals surface area (Å²) in [5, 5.41) is 19.4. The Morgan fingerprint density at radius 2 is 2.03 bits per heavy atom. The Kier molecular flexibility index (Phi) is 8.08. The van der Waals surface area contributed by atoms with Crippen molar-refractivity contribution in [2.45, 2.75) is 32.7 Å². The fourth-order valence-corrected chi connectivity index (χ4v) is 4.43. The number of benzene rings is 2. The van der Waals surface area contributed by atoms with E-state index in [1.54, 1.807) is 18.2 Å². The fourth-order valence-electron chi connectivity index (χ4n) is 4.27. The van der Waals surface area contributed by atoms with Crippen LogP contribution in [0.1, 0.15) is 32.3 Å². The van der Waals surface area contributed by atoms with E-state index in [2.05, 4.69) is 38.8 Å². The Balaban J connectivity index is 1.66. The number of nitrogens with one attached hydrogen (secondary N) is 3. The first-order valence-corrected chi connectivity index (χ1v) is 12.3. The molecule has 8 nitrogen and oxygen atoms in total. The number of amides is 2. The maximum atomic E-state index is 14.5. The standard InChI is InChI=1S/C26H28ClFN6O2/c1-3-34-9-7-18(8-10-34)31-26(35)33-23-12-19-22(13-24(23)36-4-2)30-15-16(14-29)25(19)32-21-6-5-17(27)11-20(21)28/h5-6,11-13,15,18H,3-4,7-10H2,1-2H3,(H,30,32)(H2,31,33,35). The number of fused-ring (bicyclic) bond motifs is 1. The summed E-state index contributed by atoms with van der Waals surface area (Å²) in [6.45, 7) is 7.25. The summed E-state index contributed by atoms with van der Waals surface area (Å²) in [7, 11) is 0. The second kappa shape index (κ2) is 11.4. The highest BCUT2D eigenvalue weighted by Crippen LogP contribution is 2.36. The van der Waals surface area contributed by atoms with Crippen LogP contribution in [0, 0.1) is 17.1 Å². The lowest BCUT2D eigenvalue weighted by Crippen LogP contribution is -2.45. The zero-order valence-corrected chi connectivity index (χ0v) is 21.0. The molecule has 2 aromatic carbocycles. The predicted molar refractivity (Wildman–Crippen MR) is 140 cm³/mol. The number of anilines is 3. The van der Waals surface area contributed by atoms with E-state index in [0.29, 0.717) is 34.6 Å². The van der Waals surface area contributed by atoms with Crippen molar-refractivity contribution in [1.29, 1.82) is 5.26 Å². The number of likely N-dealkylation sites (tertiary alicyclic amines) is 1. The summed E-state index contributed by atoms with van der Waals surface area (Å²) in [5.41, 5.74) is 1.68. The number of nitriles is 1. The van der Waals surface area contributed by atoms with Crippen molar-refractivity contribution >= 4 is 45.6 Å². The van der Waals surface area contributed by atoms with Crippen LogP contribution in [-0.2, 0) is 0 Å². The molecule has 0 unspecified atom stereocenters. The van der Waals surface area contributed by atoms with Gasteiger partial charge in [0, 0.05) is 41.8 Å². The Hall–Kier alpha value is -3.61. The molecule has 2 amide bonds. The third-order valence-electron chi connectivity index (χ3n) is 6.20. The highest BCUT2D eigenvalue weighted by Gasteiger charge is 2.21. The maximum Gasteiger partial charge on any atom is 0.319 e. The van der Waals surface area contributed by atoms with E-state index < -0.39 is 5.82 Å². The van der Waals surface area contributed by atoms with Crippen molar-refractivity contribution in [3.8, 4) is 11.8 Å². The van der Waals surface area contributed by atoms with E-state index in [4.69, 9.17) is 16.3 Å². The average Bonchev–Trinajstić information content (AvgIpc) is 2.87. The normalized spacial score (nSPS) is 14.3. The van der Waals surface area contributed by atoms with E-state index in [0.717, 1.165) is 32.5 Å². The minimum absolute atomic E-state index is 0.0840. The molecule has 0 saturated carbocycles. The van der Waals surface area contributed by atoms with E-state index in [1.165, 1.54) is 18.3 Å². The number of rotatable bonds is 7. The number of pyridine rings is 1. The fraction of sp³-hybridized carbons (Fsp3) is 0.346. The SMILES string of the molecule is CCOc1cc2ncc(C#N)c(Nc3ccc(Cl)cc3F)c2cc1NC(=O)NC1CCN(CC)CC1. The minimum Gasteiger partial charge on any atom is -0.492 e. The second-order valence-electron chi connectivity index (χ2n) is 8.51. The van der Waals surface area contributed by atoms with Crippen molar-refractivity contribution in [1.82, 2.24) is 15.2 Å². The molecule has 1 aliphatic heterocycles. The van der Waals surface area contributed by atoms with Gasteiger partial charge in [-0.1, -0.05) is 18.5 Å². The van der Waals surface area contributed by atoms with Crippen LogP contribution in [0.5, 0.6) is 5.75 Å². The molecule has 36 heavy (non-hydrogen) atoms. The van der Waals surface area contributed by atoms with E-state index in [-0.39, 0.29) is 28.3 Å². The smallest absolute Gasteiger partial charge is 0.319 e. The zero-order chi connectivity index (χ0) is 25.7. The summed E-state index contributed by atoms with van der Waals surface area (Å²) >= 11 is 5.88. The summed E-state index contributed by atoms with van der Waals surface area (Å²) < 4.78 is 20.3. The van der Waals surface area contributed by atoms with Gasteiger partial charge in [-0.15, -0.1) is 0 Å². The Morgan fingerprint density at radius 1 is 1.25 bits per heavy atom. The lowest BCUT2D eigenvalue weighted by molar-refractivity contribution is 0.203. The molecular formula is C26H28ClFN6O2. The van der Waals surface area contributed by atoms with Gasteiger partial charge in [-0.2, -0.15) is 5.26 Å². The van der Waals surface area contributed by atoms with Crippen molar-refractivity contribution in [2.24, 2.45) is 0 Å². The molecule has 3 aromatic rings. The number of piperidine rings is 1. The topological polar surface area (TPSA) is 102 Å². The lowest BCUT2D eigenvalue weighted by Gasteiger charge is -2.31. The summed E-state index contributed by atoms with van der Waals surface area (Å²) in [4.78, 5) is 19.6. The Morgan fingerprint density at radius 3 is 2.69 bits per heavy atom. The molecule has 10 heteroatoms. The number of halogens is 2. The Labute approximate surface area is 214 Å². The molecule has 0 bridgehead atoms. The van der Waals surface area contributed by atoms with Crippen LogP contribution in [0.15, 0.2) is 36.5 Å². The number of hydrogen-bond acceptors (Lipinski definition) is 6. The number of ether oxygens (including phenoxy) is 1. The average molecular weight is 511 g/mol. The summed E-state index contributed by atoms with van der Waals surface area (Å²) in [6, 6.07) is 9.45. The first-order valence-electron chi connectivity index (χ1n) is 11.9. The molecule has 0 aliphatic carbocycles. The van der Waals surface area contributed by atoms with Crippen LogP contribution in [0.2, 0.25) is 5.02 Å². The molecule has 2 heterocycles. The van der Waals surface area contributed by atoms with Crippen molar-refractivity contribution in [3.63, 3.8) is 0 Å². The largest absolute Gasteiger partial charge is 0.492 e. The molecule has 1 fully saturated rings. The van der Waals surface area contributed by atoms with Gasteiger partial charge < -0.3 is 25.6 Å². The molecule has 3 N–H and O–H groups in total. The first kappa shape index (κ1) is 25.5. The molecule has 188 valence electrons. The third-order valence-corrected chi connectivity index (χ3v) is 6.43. The molecular weight excluding hydrogens is 483 g/mol. The van der Waals surface area contributed by atoms with Gasteiger partial charge in [-0.3, -0.25) is 4.98 Å². The molecule has 1 saturated heterocycles. The molecule has 4 rings (SSSR count). The summed E-state index contributed by atoms with van der Waals surface area (Å²) in [5.74, 6) is -0.115. The monoisotopic (exact) mass is 510 g/mol. The quantitative estimate of drug-likeness (QED) is 0.380. The van der Waals surface area contributed by atoms with Gasteiger partial charge in [0.1, 0.15) is 17.6 Å². The van der Waals surface area contributed by atoms with Gasteiger partial charge in [0.05, 0.1) is 34.7 Å².